The van der Waals surface area contributed by atoms with Gasteiger partial charge in [-0.1, -0.05) is 22.9 Å². The van der Waals surface area contributed by atoms with E-state index >= 15 is 0 Å². The maximum absolute atomic E-state index is 13.5. The molecule has 160 valence electrons. The quantitative estimate of drug-likeness (QED) is 0.514. The Bertz CT molecular complexity index is 1030. The summed E-state index contributed by atoms with van der Waals surface area (Å²) in [4.78, 5) is 21.9. The summed E-state index contributed by atoms with van der Waals surface area (Å²) in [5.41, 5.74) is 1.08. The molecule has 9 heteroatoms. The zero-order valence-corrected chi connectivity index (χ0v) is 19.1. The molecule has 0 N–H and O–H groups in total. The SMILES string of the molecule is COc1cc(OC)cc(C(=O)N(CCN(C)C)c2nc3c(OC)ccc(Cl)c3s2)c1. The minimum atomic E-state index is -0.205. The van der Waals surface area contributed by atoms with Crippen molar-refractivity contribution in [2.75, 3.05) is 53.4 Å². The van der Waals surface area contributed by atoms with E-state index in [1.165, 1.54) is 11.3 Å². The van der Waals surface area contributed by atoms with Crippen molar-refractivity contribution in [1.82, 2.24) is 9.88 Å². The zero-order valence-electron chi connectivity index (χ0n) is 17.6. The number of methoxy groups -OCH3 is 3. The van der Waals surface area contributed by atoms with Crippen LogP contribution in [-0.2, 0) is 0 Å². The summed E-state index contributed by atoms with van der Waals surface area (Å²) < 4.78 is 16.8. The van der Waals surface area contributed by atoms with Gasteiger partial charge in [0.15, 0.2) is 5.13 Å². The van der Waals surface area contributed by atoms with Crippen molar-refractivity contribution in [1.29, 1.82) is 0 Å². The lowest BCUT2D eigenvalue weighted by Crippen LogP contribution is -2.36. The van der Waals surface area contributed by atoms with E-state index in [2.05, 4.69) is 4.98 Å². The third-order valence-corrected chi connectivity index (χ3v) is 6.05. The first kappa shape index (κ1) is 22.1. The number of ether oxygens (including phenoxy) is 3. The molecular weight excluding hydrogens is 426 g/mol. The average Bonchev–Trinajstić information content (AvgIpc) is 3.19. The summed E-state index contributed by atoms with van der Waals surface area (Å²) in [5.74, 6) is 1.49. The maximum atomic E-state index is 13.5. The van der Waals surface area contributed by atoms with Crippen LogP contribution in [0, 0.1) is 0 Å². The van der Waals surface area contributed by atoms with Gasteiger partial charge in [-0.25, -0.2) is 4.98 Å². The van der Waals surface area contributed by atoms with Crippen molar-refractivity contribution in [3.8, 4) is 17.2 Å². The fourth-order valence-corrected chi connectivity index (χ4v) is 4.17. The highest BCUT2D eigenvalue weighted by Gasteiger charge is 2.24. The second-order valence-corrected chi connectivity index (χ2v) is 8.17. The summed E-state index contributed by atoms with van der Waals surface area (Å²) in [5, 5.41) is 1.11. The molecule has 2 aromatic carbocycles. The predicted octanol–water partition coefficient (Wildman–Crippen LogP) is 4.18. The van der Waals surface area contributed by atoms with E-state index < -0.39 is 0 Å². The first-order chi connectivity index (χ1) is 14.4. The van der Waals surface area contributed by atoms with Crippen LogP contribution in [-0.4, -0.2) is 64.3 Å². The molecule has 30 heavy (non-hydrogen) atoms. The van der Waals surface area contributed by atoms with Gasteiger partial charge in [0.25, 0.3) is 5.91 Å². The molecule has 0 bridgehead atoms. The highest BCUT2D eigenvalue weighted by atomic mass is 35.5. The monoisotopic (exact) mass is 449 g/mol. The molecule has 0 atom stereocenters. The number of rotatable bonds is 8. The van der Waals surface area contributed by atoms with Crippen LogP contribution in [0.3, 0.4) is 0 Å². The van der Waals surface area contributed by atoms with Gasteiger partial charge >= 0.3 is 0 Å². The molecule has 0 fully saturated rings. The number of likely N-dealkylation sites (N-methyl/N-ethyl adjacent to an activating group) is 1. The van der Waals surface area contributed by atoms with E-state index in [-0.39, 0.29) is 5.91 Å². The maximum Gasteiger partial charge on any atom is 0.260 e. The van der Waals surface area contributed by atoms with Gasteiger partial charge in [0.1, 0.15) is 22.8 Å². The zero-order chi connectivity index (χ0) is 21.8. The second-order valence-electron chi connectivity index (χ2n) is 6.79. The Kier molecular flexibility index (Phi) is 7.02. The average molecular weight is 450 g/mol. The van der Waals surface area contributed by atoms with Crippen LogP contribution in [0.1, 0.15) is 10.4 Å². The van der Waals surface area contributed by atoms with Crippen LogP contribution < -0.4 is 19.1 Å². The Hall–Kier alpha value is -2.55. The van der Waals surface area contributed by atoms with Crippen LogP contribution in [0.25, 0.3) is 10.2 Å². The van der Waals surface area contributed by atoms with Crippen LogP contribution in [0.2, 0.25) is 5.02 Å². The van der Waals surface area contributed by atoms with Crippen LogP contribution in [0.5, 0.6) is 17.2 Å². The molecule has 1 amide bonds. The lowest BCUT2D eigenvalue weighted by molar-refractivity contribution is 0.0984. The molecule has 7 nitrogen and oxygen atoms in total. The lowest BCUT2D eigenvalue weighted by Gasteiger charge is -2.22. The first-order valence-electron chi connectivity index (χ1n) is 9.20. The van der Waals surface area contributed by atoms with Crippen LogP contribution in [0.15, 0.2) is 30.3 Å². The highest BCUT2D eigenvalue weighted by molar-refractivity contribution is 7.23. The number of carbonyl (C=O) groups excluding carboxylic acids is 1. The molecule has 3 rings (SSSR count). The number of nitrogens with zero attached hydrogens (tertiary/aromatic N) is 3. The number of benzene rings is 2. The van der Waals surface area contributed by atoms with Gasteiger partial charge in [0.05, 0.1) is 31.1 Å². The molecule has 0 unspecified atom stereocenters. The molecule has 0 aliphatic rings. The van der Waals surface area contributed by atoms with Crippen molar-refractivity contribution in [3.05, 3.63) is 40.9 Å². The molecule has 0 aliphatic carbocycles. The lowest BCUT2D eigenvalue weighted by atomic mass is 10.1. The highest BCUT2D eigenvalue weighted by Crippen LogP contribution is 2.39. The minimum absolute atomic E-state index is 0.205. The number of halogens is 1. The smallest absolute Gasteiger partial charge is 0.260 e. The Balaban J connectivity index is 2.08. The number of fused-ring (bicyclic) bond motifs is 1. The predicted molar refractivity (Wildman–Crippen MR) is 121 cm³/mol. The van der Waals surface area contributed by atoms with E-state index in [0.717, 1.165) is 4.70 Å². The Labute approximate surface area is 184 Å². The summed E-state index contributed by atoms with van der Waals surface area (Å²) in [6.45, 7) is 1.11. The standard InChI is InChI=1S/C21H24ClN3O4S/c1-24(2)8-9-25(20(26)13-10-14(27-3)12-15(11-13)28-4)21-23-18-17(29-5)7-6-16(22)19(18)30-21/h6-7,10-12H,8-9H2,1-5H3. The van der Waals surface area contributed by atoms with E-state index in [9.17, 15) is 4.79 Å². The largest absolute Gasteiger partial charge is 0.497 e. The van der Waals surface area contributed by atoms with Crippen LogP contribution in [0.4, 0.5) is 5.13 Å². The first-order valence-corrected chi connectivity index (χ1v) is 10.4. The number of thiazole rings is 1. The molecule has 0 saturated heterocycles. The van der Waals surface area contributed by atoms with Crippen molar-refractivity contribution in [3.63, 3.8) is 0 Å². The van der Waals surface area contributed by atoms with Gasteiger partial charge in [0, 0.05) is 24.7 Å². The van der Waals surface area contributed by atoms with Gasteiger partial charge in [0.2, 0.25) is 0 Å². The van der Waals surface area contributed by atoms with E-state index in [1.807, 2.05) is 19.0 Å². The van der Waals surface area contributed by atoms with Crippen LogP contribution >= 0.6 is 22.9 Å². The Morgan fingerprint density at radius 2 is 1.70 bits per heavy atom. The molecule has 1 heterocycles. The number of amides is 1. The summed E-state index contributed by atoms with van der Waals surface area (Å²) in [6.07, 6.45) is 0. The molecule has 0 aliphatic heterocycles. The molecule has 0 radical (unpaired) electrons. The number of carbonyl (C=O) groups is 1. The van der Waals surface area contributed by atoms with Crippen molar-refractivity contribution in [2.24, 2.45) is 0 Å². The summed E-state index contributed by atoms with van der Waals surface area (Å²) >= 11 is 7.73. The van der Waals surface area contributed by atoms with Crippen molar-refractivity contribution in [2.45, 2.75) is 0 Å². The van der Waals surface area contributed by atoms with Gasteiger partial charge < -0.3 is 19.1 Å². The van der Waals surface area contributed by atoms with E-state index in [0.29, 0.717) is 51.6 Å². The second kappa shape index (κ2) is 9.51. The third-order valence-electron chi connectivity index (χ3n) is 4.51. The molecule has 0 saturated carbocycles. The number of anilines is 1. The number of hydrogen-bond acceptors (Lipinski definition) is 7. The fraction of sp³-hybridized carbons (Fsp3) is 0.333. The van der Waals surface area contributed by atoms with Crippen molar-refractivity contribution < 1.29 is 19.0 Å². The molecular formula is C21H24ClN3O4S. The molecule has 3 aromatic rings. The fourth-order valence-electron chi connectivity index (χ4n) is 2.89. The van der Waals surface area contributed by atoms with Gasteiger partial charge in [-0.2, -0.15) is 0 Å². The molecule has 0 spiro atoms. The Morgan fingerprint density at radius 1 is 1.03 bits per heavy atom. The van der Waals surface area contributed by atoms with Gasteiger partial charge in [-0.05, 0) is 38.4 Å². The van der Waals surface area contributed by atoms with Gasteiger partial charge in [-0.15, -0.1) is 0 Å². The topological polar surface area (TPSA) is 64.1 Å². The third kappa shape index (κ3) is 4.61. The van der Waals surface area contributed by atoms with E-state index in [4.69, 9.17) is 25.8 Å². The molecule has 1 aromatic heterocycles. The number of hydrogen-bond donors (Lipinski definition) is 0. The van der Waals surface area contributed by atoms with E-state index in [1.54, 1.807) is 56.6 Å². The normalized spacial score (nSPS) is 11.0. The minimum Gasteiger partial charge on any atom is -0.497 e. The van der Waals surface area contributed by atoms with Crippen molar-refractivity contribution >= 4 is 44.2 Å². The Morgan fingerprint density at radius 3 is 2.27 bits per heavy atom. The summed E-state index contributed by atoms with van der Waals surface area (Å²) in [6, 6.07) is 8.64. The van der Waals surface area contributed by atoms with Gasteiger partial charge in [-0.3, -0.25) is 9.69 Å². The summed E-state index contributed by atoms with van der Waals surface area (Å²) in [7, 11) is 8.59. The number of aromatic nitrogens is 1.